The molecule has 3 nitrogen and oxygen atoms in total. The van der Waals surface area contributed by atoms with E-state index >= 15 is 0 Å². The van der Waals surface area contributed by atoms with Gasteiger partial charge in [0.05, 0.1) is 12.2 Å². The van der Waals surface area contributed by atoms with Gasteiger partial charge < -0.3 is 9.73 Å². The molecule has 0 unspecified atom stereocenters. The summed E-state index contributed by atoms with van der Waals surface area (Å²) < 4.78 is 5.56. The Morgan fingerprint density at radius 2 is 1.75 bits per heavy atom. The first kappa shape index (κ1) is 11.6. The van der Waals surface area contributed by atoms with Gasteiger partial charge in [-0.15, -0.1) is 0 Å². The van der Waals surface area contributed by atoms with Crippen molar-refractivity contribution in [3.05, 3.63) is 17.3 Å². The molecule has 0 atom stereocenters. The average molecular weight is 222 g/mol. The van der Waals surface area contributed by atoms with Crippen molar-refractivity contribution in [1.29, 1.82) is 0 Å². The van der Waals surface area contributed by atoms with E-state index in [0.29, 0.717) is 16.9 Å². The molecule has 0 aromatic carbocycles. The third-order valence-electron chi connectivity index (χ3n) is 4.55. The van der Waals surface area contributed by atoms with Gasteiger partial charge in [-0.1, -0.05) is 27.7 Å². The van der Waals surface area contributed by atoms with Crippen LogP contribution < -0.4 is 5.32 Å². The standard InChI is InChI=1S/C13H22N2O/c1-8-9(2)16-10(15-8)7-14-11-12(3,4)13(11,5)6/h11,14H,7H2,1-6H3. The van der Waals surface area contributed by atoms with Crippen LogP contribution in [0.25, 0.3) is 0 Å². The molecular weight excluding hydrogens is 200 g/mol. The molecule has 1 aromatic heterocycles. The summed E-state index contributed by atoms with van der Waals surface area (Å²) in [5.74, 6) is 1.72. The fourth-order valence-corrected chi connectivity index (χ4v) is 2.51. The molecule has 1 aromatic rings. The number of hydrogen-bond donors (Lipinski definition) is 1. The zero-order chi connectivity index (χ0) is 12.1. The molecule has 1 aliphatic carbocycles. The SMILES string of the molecule is Cc1nc(CNC2C(C)(C)C2(C)C)oc1C. The van der Waals surface area contributed by atoms with E-state index in [-0.39, 0.29) is 0 Å². The molecule has 1 N–H and O–H groups in total. The Bertz CT molecular complexity index is 371. The number of oxazole rings is 1. The van der Waals surface area contributed by atoms with Gasteiger partial charge in [-0.2, -0.15) is 0 Å². The molecule has 2 rings (SSSR count). The van der Waals surface area contributed by atoms with Crippen LogP contribution in [0.1, 0.15) is 45.0 Å². The molecular formula is C13H22N2O. The second-order valence-corrected chi connectivity index (χ2v) is 6.01. The predicted molar refractivity (Wildman–Crippen MR) is 64.2 cm³/mol. The monoisotopic (exact) mass is 222 g/mol. The highest BCUT2D eigenvalue weighted by Crippen LogP contribution is 2.62. The van der Waals surface area contributed by atoms with Crippen molar-refractivity contribution in [2.45, 2.75) is 54.1 Å². The third-order valence-corrected chi connectivity index (χ3v) is 4.55. The minimum Gasteiger partial charge on any atom is -0.444 e. The van der Waals surface area contributed by atoms with Crippen molar-refractivity contribution < 1.29 is 4.42 Å². The lowest BCUT2D eigenvalue weighted by atomic mass is 10.0. The molecule has 0 amide bonds. The van der Waals surface area contributed by atoms with Crippen molar-refractivity contribution in [3.8, 4) is 0 Å². The van der Waals surface area contributed by atoms with E-state index in [9.17, 15) is 0 Å². The van der Waals surface area contributed by atoms with Gasteiger partial charge in [-0.05, 0) is 24.7 Å². The fourth-order valence-electron chi connectivity index (χ4n) is 2.51. The lowest BCUT2D eigenvalue weighted by Crippen LogP contribution is -2.21. The first-order chi connectivity index (χ1) is 7.26. The smallest absolute Gasteiger partial charge is 0.208 e. The van der Waals surface area contributed by atoms with Crippen LogP contribution in [-0.4, -0.2) is 11.0 Å². The van der Waals surface area contributed by atoms with Crippen LogP contribution in [0.4, 0.5) is 0 Å². The topological polar surface area (TPSA) is 38.1 Å². The molecule has 1 fully saturated rings. The van der Waals surface area contributed by atoms with Gasteiger partial charge in [0.2, 0.25) is 5.89 Å². The van der Waals surface area contributed by atoms with Crippen LogP contribution in [-0.2, 0) is 6.54 Å². The summed E-state index contributed by atoms with van der Waals surface area (Å²) in [6.45, 7) is 13.9. The Kier molecular flexibility index (Phi) is 2.42. The van der Waals surface area contributed by atoms with E-state index in [1.165, 1.54) is 0 Å². The van der Waals surface area contributed by atoms with Crippen LogP contribution in [0, 0.1) is 24.7 Å². The summed E-state index contributed by atoms with van der Waals surface area (Å²) in [6.07, 6.45) is 0. The summed E-state index contributed by atoms with van der Waals surface area (Å²) in [7, 11) is 0. The van der Waals surface area contributed by atoms with Crippen LogP contribution in [0.3, 0.4) is 0 Å². The average Bonchev–Trinajstić information content (AvgIpc) is 2.39. The van der Waals surface area contributed by atoms with Crippen molar-refractivity contribution in [3.63, 3.8) is 0 Å². The molecule has 0 spiro atoms. The summed E-state index contributed by atoms with van der Waals surface area (Å²) in [5.41, 5.74) is 1.72. The number of rotatable bonds is 3. The highest BCUT2D eigenvalue weighted by atomic mass is 16.4. The van der Waals surface area contributed by atoms with Gasteiger partial charge in [0.15, 0.2) is 0 Å². The fraction of sp³-hybridized carbons (Fsp3) is 0.769. The second-order valence-electron chi connectivity index (χ2n) is 6.01. The Balaban J connectivity index is 1.95. The first-order valence-corrected chi connectivity index (χ1v) is 5.93. The molecule has 0 aliphatic heterocycles. The molecule has 90 valence electrons. The van der Waals surface area contributed by atoms with Gasteiger partial charge in [-0.25, -0.2) is 4.98 Å². The number of aromatic nitrogens is 1. The van der Waals surface area contributed by atoms with Crippen molar-refractivity contribution in [1.82, 2.24) is 10.3 Å². The lowest BCUT2D eigenvalue weighted by Gasteiger charge is -2.03. The Morgan fingerprint density at radius 3 is 2.12 bits per heavy atom. The van der Waals surface area contributed by atoms with E-state index in [1.54, 1.807) is 0 Å². The zero-order valence-electron chi connectivity index (χ0n) is 11.1. The van der Waals surface area contributed by atoms with Gasteiger partial charge in [0.25, 0.3) is 0 Å². The molecule has 1 heterocycles. The van der Waals surface area contributed by atoms with E-state index in [4.69, 9.17) is 4.42 Å². The first-order valence-electron chi connectivity index (χ1n) is 5.93. The number of nitrogens with zero attached hydrogens (tertiary/aromatic N) is 1. The Morgan fingerprint density at radius 1 is 1.19 bits per heavy atom. The predicted octanol–water partition coefficient (Wildman–Crippen LogP) is 2.82. The van der Waals surface area contributed by atoms with Gasteiger partial charge in [0.1, 0.15) is 5.76 Å². The van der Waals surface area contributed by atoms with Gasteiger partial charge in [0, 0.05) is 6.04 Å². The Hall–Kier alpha value is -0.830. The largest absolute Gasteiger partial charge is 0.444 e. The maximum atomic E-state index is 5.56. The highest BCUT2D eigenvalue weighted by molar-refractivity contribution is 5.18. The van der Waals surface area contributed by atoms with Crippen molar-refractivity contribution >= 4 is 0 Å². The summed E-state index contributed by atoms with van der Waals surface area (Å²) in [6, 6.07) is 0.549. The second kappa shape index (κ2) is 3.33. The molecule has 3 heteroatoms. The summed E-state index contributed by atoms with van der Waals surface area (Å²) in [5, 5.41) is 3.54. The van der Waals surface area contributed by atoms with E-state index < -0.39 is 0 Å². The molecule has 0 saturated heterocycles. The normalized spacial score (nSPS) is 22.4. The third kappa shape index (κ3) is 1.58. The number of nitrogens with one attached hydrogen (secondary N) is 1. The Labute approximate surface area is 97.6 Å². The quantitative estimate of drug-likeness (QED) is 0.854. The maximum absolute atomic E-state index is 5.56. The van der Waals surface area contributed by atoms with Crippen LogP contribution >= 0.6 is 0 Å². The minimum absolute atomic E-state index is 0.365. The van der Waals surface area contributed by atoms with Crippen LogP contribution in [0.2, 0.25) is 0 Å². The van der Waals surface area contributed by atoms with Crippen LogP contribution in [0.5, 0.6) is 0 Å². The number of hydrogen-bond acceptors (Lipinski definition) is 3. The molecule has 1 aliphatic rings. The molecule has 1 saturated carbocycles. The molecule has 0 bridgehead atoms. The summed E-state index contributed by atoms with van der Waals surface area (Å²) in [4.78, 5) is 4.38. The maximum Gasteiger partial charge on any atom is 0.208 e. The minimum atomic E-state index is 0.365. The highest BCUT2D eigenvalue weighted by Gasteiger charge is 2.64. The van der Waals surface area contributed by atoms with Gasteiger partial charge >= 0.3 is 0 Å². The van der Waals surface area contributed by atoms with Crippen molar-refractivity contribution in [2.75, 3.05) is 0 Å². The zero-order valence-corrected chi connectivity index (χ0v) is 11.1. The van der Waals surface area contributed by atoms with Gasteiger partial charge in [-0.3, -0.25) is 0 Å². The molecule has 0 radical (unpaired) electrons. The van der Waals surface area contributed by atoms with E-state index in [0.717, 1.165) is 23.9 Å². The van der Waals surface area contributed by atoms with E-state index in [2.05, 4.69) is 38.0 Å². The lowest BCUT2D eigenvalue weighted by molar-refractivity contribution is 0.434. The molecule has 16 heavy (non-hydrogen) atoms. The van der Waals surface area contributed by atoms with E-state index in [1.807, 2.05) is 13.8 Å². The van der Waals surface area contributed by atoms with Crippen molar-refractivity contribution in [2.24, 2.45) is 10.8 Å². The number of aryl methyl sites for hydroxylation is 2. The van der Waals surface area contributed by atoms with Crippen LogP contribution in [0.15, 0.2) is 4.42 Å². The summed E-state index contributed by atoms with van der Waals surface area (Å²) >= 11 is 0.